The first kappa shape index (κ1) is 62.3. The highest BCUT2D eigenvalue weighted by Gasteiger charge is 2.55. The van der Waals surface area contributed by atoms with Gasteiger partial charge in [-0.2, -0.15) is 0 Å². The van der Waals surface area contributed by atoms with Gasteiger partial charge in [-0.3, -0.25) is 0 Å². The van der Waals surface area contributed by atoms with E-state index in [0.717, 1.165) is 103 Å². The fourth-order valence-corrected chi connectivity index (χ4v) is 12.3. The molecule has 2 unspecified atom stereocenters. The van der Waals surface area contributed by atoms with Crippen LogP contribution in [0.2, 0.25) is 18.1 Å². The maximum atomic E-state index is 9.98. The normalized spacial score (nSPS) is 21.8. The van der Waals surface area contributed by atoms with Crippen molar-refractivity contribution in [2.45, 2.75) is 105 Å². The average Bonchev–Trinajstić information content (AvgIpc) is 4.14. The first-order valence-corrected chi connectivity index (χ1v) is 30.8. The second-order valence-corrected chi connectivity index (χ2v) is 28.2. The lowest BCUT2D eigenvalue weighted by Crippen LogP contribution is -2.41. The van der Waals surface area contributed by atoms with E-state index in [9.17, 15) is 5.11 Å². The number of aliphatic hydroxyl groups is 1. The molecule has 10 atom stereocenters. The molecule has 2 saturated carbocycles. The summed E-state index contributed by atoms with van der Waals surface area (Å²) in [5.41, 5.74) is 10.6. The SMILES string of the molecule is C.C.C#CC1[C@H]2CN(CCOC)C[C@@H]12.CC[C@H](c1cc(-c2ccc(I)cc2)on1)n1ccnc1[C@H](C)O[Si](C)(C)C(C)(C)C.COCCN1C[C@@H]2C(C#Cc3ccc(-c4cc([C@@H](CN)n5ccnc5[C@H](C)O)no4)cc3)[C@@H]2C1.[HH]. The molecule has 424 valence electrons. The van der Waals surface area contributed by atoms with Crippen LogP contribution < -0.4 is 5.73 Å². The van der Waals surface area contributed by atoms with Gasteiger partial charge in [0.15, 0.2) is 19.8 Å². The van der Waals surface area contributed by atoms with E-state index >= 15 is 0 Å². The fraction of sp³-hybridized carbons (Fsp3) is 0.541. The third-order valence-electron chi connectivity index (χ3n) is 16.1. The number of imidazole rings is 2. The van der Waals surface area contributed by atoms with Gasteiger partial charge < -0.3 is 52.7 Å². The van der Waals surface area contributed by atoms with Crippen molar-refractivity contribution in [2.75, 3.05) is 73.2 Å². The Balaban J connectivity index is 0.000000234. The number of aliphatic hydroxyl groups excluding tert-OH is 1. The third-order valence-corrected chi connectivity index (χ3v) is 21.3. The van der Waals surface area contributed by atoms with Crippen molar-refractivity contribution < 1.29 is 29.5 Å². The number of ether oxygens (including phenoxy) is 2. The van der Waals surface area contributed by atoms with Crippen LogP contribution >= 0.6 is 22.6 Å². The highest BCUT2D eigenvalue weighted by Crippen LogP contribution is 2.52. The maximum absolute atomic E-state index is 9.98. The van der Waals surface area contributed by atoms with E-state index in [-0.39, 0.29) is 39.5 Å². The second-order valence-electron chi connectivity index (χ2n) is 22.2. The van der Waals surface area contributed by atoms with E-state index in [0.29, 0.717) is 35.7 Å². The summed E-state index contributed by atoms with van der Waals surface area (Å²) in [4.78, 5) is 13.8. The van der Waals surface area contributed by atoms with Gasteiger partial charge in [-0.05, 0) is 121 Å². The molecule has 4 aromatic heterocycles. The van der Waals surface area contributed by atoms with E-state index in [1.807, 2.05) is 53.4 Å². The van der Waals surface area contributed by atoms with Gasteiger partial charge in [0.1, 0.15) is 35.2 Å². The van der Waals surface area contributed by atoms with Crippen molar-refractivity contribution in [1.29, 1.82) is 0 Å². The summed E-state index contributed by atoms with van der Waals surface area (Å²) in [5, 5.41) is 18.8. The molecule has 17 heteroatoms. The zero-order chi connectivity index (χ0) is 54.3. The number of halogens is 1. The number of hydrogen-bond acceptors (Lipinski definition) is 13. The van der Waals surface area contributed by atoms with Crippen LogP contribution in [0.5, 0.6) is 0 Å². The third kappa shape index (κ3) is 14.7. The number of fused-ring (bicyclic) bond motifs is 2. The molecule has 0 spiro atoms. The Morgan fingerprint density at radius 3 is 1.72 bits per heavy atom. The number of piperidine rings is 2. The van der Waals surface area contributed by atoms with Gasteiger partial charge in [0.25, 0.3) is 0 Å². The second kappa shape index (κ2) is 27.5. The standard InChI is InChI=1S/C26H31N5O3.C23H32IN3O2Si.C10H15NO.2CH4.H2/c1-17(32)26-28-9-10-31(26)24(14-27)23-13-25(34-29-23)19-6-3-18(4-7-19)5-8-20-21-15-30(11-12-33-2)16-22(20)21;1-8-20(19-15-21(28-26-19)17-9-11-18(24)12-10-17)27-14-13-25-22(27)16(2)29-30(6,7)23(3,4)5;1-3-8-9-6-11(4-5-12-2)7-10(8)9;;;/h3-4,6-7,9-10,13,17,20-22,24,32H,11-12,14-16,27H2,1-2H3;9-16,20H,8H2,1-7H3;1,8-10H,4-7H2,2H3;2*1H4;1H/t17-,20?,21-,22+,24+;16-,20+;8?,9-,10+;;;/m00..../s1. The first-order chi connectivity index (χ1) is 36.5. The number of aromatic nitrogens is 6. The lowest BCUT2D eigenvalue weighted by atomic mass is 10.1. The van der Waals surface area contributed by atoms with Gasteiger partial charge in [0, 0.05) is 130 Å². The number of nitrogens with zero attached hydrogens (tertiary/aromatic N) is 8. The van der Waals surface area contributed by atoms with Crippen LogP contribution in [0.1, 0.15) is 117 Å². The summed E-state index contributed by atoms with van der Waals surface area (Å²) >= 11 is 2.30. The summed E-state index contributed by atoms with van der Waals surface area (Å²) < 4.78 is 33.3. The predicted octanol–water partition coefficient (Wildman–Crippen LogP) is 11.5. The minimum absolute atomic E-state index is 0. The van der Waals surface area contributed by atoms with Gasteiger partial charge in [-0.1, -0.05) is 76.8 Å². The quantitative estimate of drug-likeness (QED) is 0.0474. The molecule has 2 aromatic carbocycles. The van der Waals surface area contributed by atoms with Crippen LogP contribution in [-0.2, 0) is 13.9 Å². The van der Waals surface area contributed by atoms with E-state index in [1.54, 1.807) is 33.5 Å². The van der Waals surface area contributed by atoms with Gasteiger partial charge in [0.2, 0.25) is 0 Å². The summed E-state index contributed by atoms with van der Waals surface area (Å²) in [6.07, 6.45) is 12.8. The highest BCUT2D eigenvalue weighted by atomic mass is 127. The van der Waals surface area contributed by atoms with Crippen LogP contribution in [-0.4, -0.2) is 126 Å². The zero-order valence-electron chi connectivity index (χ0n) is 46.0. The molecule has 2 aliphatic carbocycles. The number of terminal acetylenes is 1. The molecular weight excluding hydrogens is 1110 g/mol. The number of rotatable bonds is 18. The van der Waals surface area contributed by atoms with E-state index in [2.05, 4.69) is 147 Å². The van der Waals surface area contributed by atoms with Gasteiger partial charge >= 0.3 is 0 Å². The molecule has 4 fully saturated rings. The predicted molar refractivity (Wildman–Crippen MR) is 323 cm³/mol. The summed E-state index contributed by atoms with van der Waals surface area (Å²) in [5.74, 6) is 16.8. The molecule has 10 rings (SSSR count). The van der Waals surface area contributed by atoms with Gasteiger partial charge in [-0.25, -0.2) is 9.97 Å². The van der Waals surface area contributed by atoms with Crippen LogP contribution in [0.4, 0.5) is 0 Å². The van der Waals surface area contributed by atoms with E-state index < -0.39 is 14.4 Å². The number of likely N-dealkylation sites (tertiary alicyclic amines) is 2. The minimum atomic E-state index is -1.90. The molecule has 2 aliphatic heterocycles. The summed E-state index contributed by atoms with van der Waals surface area (Å²) in [7, 11) is 1.60. The molecule has 3 N–H and O–H groups in total. The minimum Gasteiger partial charge on any atom is -0.407 e. The van der Waals surface area contributed by atoms with Crippen LogP contribution in [0, 0.1) is 63.3 Å². The molecular formula is C61H88IN9O6Si. The topological polar surface area (TPSA) is 168 Å². The molecule has 6 heterocycles. The Hall–Kier alpha value is -4.93. The summed E-state index contributed by atoms with van der Waals surface area (Å²) in [6.45, 7) is 26.0. The Morgan fingerprint density at radius 2 is 1.26 bits per heavy atom. The highest BCUT2D eigenvalue weighted by molar-refractivity contribution is 14.1. The number of hydrogen-bond donors (Lipinski definition) is 2. The Morgan fingerprint density at radius 1 is 0.782 bits per heavy atom. The van der Waals surface area contributed by atoms with Crippen molar-refractivity contribution in [3.05, 3.63) is 118 Å². The van der Waals surface area contributed by atoms with Crippen molar-refractivity contribution in [1.82, 2.24) is 39.2 Å². The lowest BCUT2D eigenvalue weighted by molar-refractivity contribution is 0.153. The van der Waals surface area contributed by atoms with E-state index in [1.165, 1.54) is 16.7 Å². The number of methoxy groups -OCH3 is 2. The summed E-state index contributed by atoms with van der Waals surface area (Å²) in [6, 6.07) is 20.0. The molecule has 4 aliphatic rings. The van der Waals surface area contributed by atoms with Crippen molar-refractivity contribution in [3.8, 4) is 46.8 Å². The Kier molecular flexibility index (Phi) is 21.9. The molecule has 78 heavy (non-hydrogen) atoms. The van der Waals surface area contributed by atoms with Crippen LogP contribution in [0.15, 0.2) is 94.5 Å². The Bertz CT molecular complexity index is 2890. The Labute approximate surface area is 481 Å². The molecule has 6 aromatic rings. The maximum Gasteiger partial charge on any atom is 0.193 e. The van der Waals surface area contributed by atoms with Gasteiger partial charge in [0.05, 0.1) is 25.3 Å². The molecule has 0 bridgehead atoms. The monoisotopic (exact) mass is 1200 g/mol. The number of benzene rings is 2. The van der Waals surface area contributed by atoms with Crippen molar-refractivity contribution in [3.63, 3.8) is 0 Å². The van der Waals surface area contributed by atoms with Crippen LogP contribution in [0.3, 0.4) is 0 Å². The van der Waals surface area contributed by atoms with Crippen molar-refractivity contribution in [2.24, 2.45) is 41.2 Å². The lowest BCUT2D eigenvalue weighted by Gasteiger charge is -2.38. The smallest absolute Gasteiger partial charge is 0.193 e. The zero-order valence-corrected chi connectivity index (χ0v) is 49.2. The average molecular weight is 1200 g/mol. The van der Waals surface area contributed by atoms with Crippen LogP contribution in [0.25, 0.3) is 22.6 Å². The van der Waals surface area contributed by atoms with Gasteiger partial charge in [-0.15, -0.1) is 12.3 Å². The fourth-order valence-electron chi connectivity index (χ4n) is 10.6. The molecule has 0 amide bonds. The van der Waals surface area contributed by atoms with E-state index in [4.69, 9.17) is 35.1 Å². The first-order valence-electron chi connectivity index (χ1n) is 26.8. The molecule has 2 saturated heterocycles. The number of nitrogens with two attached hydrogens (primary N) is 1. The van der Waals surface area contributed by atoms with Crippen molar-refractivity contribution >= 4 is 30.9 Å². The molecule has 15 nitrogen and oxygen atoms in total. The molecule has 0 radical (unpaired) electrons. The largest absolute Gasteiger partial charge is 0.407 e.